The number of halogens is 1. The minimum atomic E-state index is -0.0593. The van der Waals surface area contributed by atoms with Crippen LogP contribution < -0.4 is 10.6 Å². The number of rotatable bonds is 2. The Morgan fingerprint density at radius 2 is 2.37 bits per heavy atom. The van der Waals surface area contributed by atoms with Gasteiger partial charge in [0.05, 0.1) is 29.8 Å². The molecule has 1 unspecified atom stereocenters. The van der Waals surface area contributed by atoms with Crippen molar-refractivity contribution >= 4 is 34.8 Å². The lowest BCUT2D eigenvalue weighted by Crippen LogP contribution is -2.43. The van der Waals surface area contributed by atoms with Crippen LogP contribution in [0.2, 0.25) is 0 Å². The number of hydrogen-bond acceptors (Lipinski definition) is 5. The summed E-state index contributed by atoms with van der Waals surface area (Å²) >= 11 is 1.53. The van der Waals surface area contributed by atoms with E-state index in [1.165, 1.54) is 11.3 Å². The van der Waals surface area contributed by atoms with Crippen molar-refractivity contribution in [2.45, 2.75) is 38.3 Å². The van der Waals surface area contributed by atoms with Gasteiger partial charge in [-0.15, -0.1) is 12.4 Å². The fourth-order valence-corrected chi connectivity index (χ4v) is 3.30. The quantitative estimate of drug-likeness (QED) is 0.873. The first-order chi connectivity index (χ1) is 8.83. The minimum absolute atomic E-state index is 0. The van der Waals surface area contributed by atoms with Crippen LogP contribution in [0.25, 0.3) is 0 Å². The van der Waals surface area contributed by atoms with Crippen molar-refractivity contribution in [2.75, 3.05) is 18.5 Å². The molecule has 1 aromatic heterocycles. The van der Waals surface area contributed by atoms with Gasteiger partial charge in [0.1, 0.15) is 0 Å². The van der Waals surface area contributed by atoms with Crippen LogP contribution in [-0.2, 0) is 22.6 Å². The maximum absolute atomic E-state index is 12.0. The molecule has 2 aliphatic rings. The average Bonchev–Trinajstić information content (AvgIpc) is 2.82. The van der Waals surface area contributed by atoms with E-state index in [9.17, 15) is 4.79 Å². The number of anilines is 1. The fraction of sp³-hybridized carbons (Fsp3) is 0.667. The van der Waals surface area contributed by atoms with Crippen molar-refractivity contribution < 1.29 is 9.53 Å². The molecule has 2 N–H and O–H groups in total. The summed E-state index contributed by atoms with van der Waals surface area (Å²) in [4.78, 5) is 17.7. The zero-order valence-corrected chi connectivity index (χ0v) is 12.2. The second-order valence-corrected chi connectivity index (χ2v) is 5.77. The van der Waals surface area contributed by atoms with E-state index in [4.69, 9.17) is 4.74 Å². The van der Waals surface area contributed by atoms with Crippen LogP contribution in [0.15, 0.2) is 0 Å². The van der Waals surface area contributed by atoms with Crippen LogP contribution >= 0.6 is 23.7 Å². The summed E-state index contributed by atoms with van der Waals surface area (Å²) in [5, 5.41) is 6.87. The van der Waals surface area contributed by atoms with Crippen LogP contribution in [0, 0.1) is 0 Å². The molecule has 106 valence electrons. The zero-order chi connectivity index (χ0) is 12.4. The number of fused-ring (bicyclic) bond motifs is 1. The van der Waals surface area contributed by atoms with E-state index in [1.54, 1.807) is 0 Å². The maximum Gasteiger partial charge on any atom is 0.243 e. The monoisotopic (exact) mass is 303 g/mol. The van der Waals surface area contributed by atoms with Crippen LogP contribution in [-0.4, -0.2) is 30.1 Å². The number of aromatic nitrogens is 1. The van der Waals surface area contributed by atoms with Crippen LogP contribution in [0.3, 0.4) is 0 Å². The van der Waals surface area contributed by atoms with Gasteiger partial charge >= 0.3 is 0 Å². The van der Waals surface area contributed by atoms with Gasteiger partial charge in [0.25, 0.3) is 0 Å². The number of ether oxygens (including phenoxy) is 1. The lowest BCUT2D eigenvalue weighted by atomic mass is 10.0. The Kier molecular flexibility index (Phi) is 5.15. The molecule has 0 spiro atoms. The normalized spacial score (nSPS) is 22.2. The predicted octanol–water partition coefficient (Wildman–Crippen LogP) is 1.72. The first-order valence-electron chi connectivity index (χ1n) is 6.43. The van der Waals surface area contributed by atoms with E-state index < -0.39 is 0 Å². The highest BCUT2D eigenvalue weighted by Crippen LogP contribution is 2.27. The number of nitrogens with zero attached hydrogens (tertiary/aromatic N) is 1. The maximum atomic E-state index is 12.0. The first-order valence-corrected chi connectivity index (χ1v) is 7.25. The number of thiazole rings is 1. The third-order valence-corrected chi connectivity index (χ3v) is 4.34. The number of piperidine rings is 1. The van der Waals surface area contributed by atoms with Crippen LogP contribution in [0.5, 0.6) is 0 Å². The van der Waals surface area contributed by atoms with Crippen molar-refractivity contribution in [3.05, 3.63) is 10.6 Å². The SMILES string of the molecule is Cl.O=C(Nc1nc2c(s1)COCC2)C1CCCCN1. The molecule has 2 aliphatic heterocycles. The summed E-state index contributed by atoms with van der Waals surface area (Å²) in [6, 6.07) is -0.0593. The van der Waals surface area contributed by atoms with Crippen molar-refractivity contribution in [3.8, 4) is 0 Å². The molecule has 1 saturated heterocycles. The van der Waals surface area contributed by atoms with Gasteiger partial charge in [-0.1, -0.05) is 17.8 Å². The number of amides is 1. The Morgan fingerprint density at radius 3 is 3.11 bits per heavy atom. The van der Waals surface area contributed by atoms with Gasteiger partial charge in [0.15, 0.2) is 5.13 Å². The predicted molar refractivity (Wildman–Crippen MR) is 77.0 cm³/mol. The Morgan fingerprint density at radius 1 is 1.47 bits per heavy atom. The van der Waals surface area contributed by atoms with E-state index in [0.29, 0.717) is 11.7 Å². The summed E-state index contributed by atoms with van der Waals surface area (Å²) in [6.45, 7) is 2.29. The highest BCUT2D eigenvalue weighted by Gasteiger charge is 2.22. The third kappa shape index (κ3) is 3.45. The van der Waals surface area contributed by atoms with Gasteiger partial charge in [-0.05, 0) is 19.4 Å². The molecular formula is C12H18ClN3O2S. The standard InChI is InChI=1S/C12H17N3O2S.ClH/c16-11(9-3-1-2-5-13-9)15-12-14-8-4-6-17-7-10(8)18-12;/h9,13H,1-7H2,(H,14,15,16);1H. The molecule has 1 amide bonds. The van der Waals surface area contributed by atoms with E-state index in [-0.39, 0.29) is 24.4 Å². The smallest absolute Gasteiger partial charge is 0.243 e. The molecule has 0 aromatic carbocycles. The lowest BCUT2D eigenvalue weighted by Gasteiger charge is -2.21. The summed E-state index contributed by atoms with van der Waals surface area (Å²) in [5.74, 6) is 0.0433. The largest absolute Gasteiger partial charge is 0.375 e. The number of hydrogen-bond donors (Lipinski definition) is 2. The molecule has 0 saturated carbocycles. The van der Waals surface area contributed by atoms with Crippen LogP contribution in [0.1, 0.15) is 29.8 Å². The van der Waals surface area contributed by atoms with Crippen molar-refractivity contribution in [2.24, 2.45) is 0 Å². The highest BCUT2D eigenvalue weighted by atomic mass is 35.5. The van der Waals surface area contributed by atoms with Crippen molar-refractivity contribution in [3.63, 3.8) is 0 Å². The van der Waals surface area contributed by atoms with Gasteiger partial charge in [0, 0.05) is 6.42 Å². The Hall–Kier alpha value is -0.690. The number of carbonyl (C=O) groups excluding carboxylic acids is 1. The molecule has 0 aliphatic carbocycles. The third-order valence-electron chi connectivity index (χ3n) is 3.35. The van der Waals surface area contributed by atoms with E-state index >= 15 is 0 Å². The molecule has 5 nitrogen and oxygen atoms in total. The summed E-state index contributed by atoms with van der Waals surface area (Å²) in [6.07, 6.45) is 4.05. The van der Waals surface area contributed by atoms with E-state index in [0.717, 1.165) is 49.4 Å². The molecule has 3 heterocycles. The molecule has 0 bridgehead atoms. The summed E-state index contributed by atoms with van der Waals surface area (Å²) in [7, 11) is 0. The van der Waals surface area contributed by atoms with Crippen molar-refractivity contribution in [1.29, 1.82) is 0 Å². The second-order valence-electron chi connectivity index (χ2n) is 4.68. The molecule has 1 fully saturated rings. The Bertz CT molecular complexity index is 423. The summed E-state index contributed by atoms with van der Waals surface area (Å²) < 4.78 is 5.38. The zero-order valence-electron chi connectivity index (χ0n) is 10.6. The number of nitrogens with one attached hydrogen (secondary N) is 2. The fourth-order valence-electron chi connectivity index (χ4n) is 2.35. The van der Waals surface area contributed by atoms with E-state index in [1.807, 2.05) is 0 Å². The van der Waals surface area contributed by atoms with Gasteiger partial charge in [-0.2, -0.15) is 0 Å². The Balaban J connectivity index is 0.00000133. The van der Waals surface area contributed by atoms with Gasteiger partial charge < -0.3 is 15.4 Å². The summed E-state index contributed by atoms with van der Waals surface area (Å²) in [5.41, 5.74) is 1.08. The minimum Gasteiger partial charge on any atom is -0.375 e. The van der Waals surface area contributed by atoms with Crippen molar-refractivity contribution in [1.82, 2.24) is 10.3 Å². The molecule has 7 heteroatoms. The van der Waals surface area contributed by atoms with Gasteiger partial charge in [-0.3, -0.25) is 4.79 Å². The molecule has 1 aromatic rings. The molecular weight excluding hydrogens is 286 g/mol. The van der Waals surface area contributed by atoms with Gasteiger partial charge in [0.2, 0.25) is 5.91 Å². The lowest BCUT2D eigenvalue weighted by molar-refractivity contribution is -0.118. The number of carbonyl (C=O) groups is 1. The van der Waals surface area contributed by atoms with E-state index in [2.05, 4.69) is 15.6 Å². The highest BCUT2D eigenvalue weighted by molar-refractivity contribution is 7.15. The first kappa shape index (κ1) is 14.7. The molecule has 19 heavy (non-hydrogen) atoms. The topological polar surface area (TPSA) is 63.2 Å². The molecule has 3 rings (SSSR count). The van der Waals surface area contributed by atoms with Crippen LogP contribution in [0.4, 0.5) is 5.13 Å². The molecule has 1 atom stereocenters. The molecule has 0 radical (unpaired) electrons. The van der Waals surface area contributed by atoms with Gasteiger partial charge in [-0.25, -0.2) is 4.98 Å². The Labute approximate surface area is 122 Å². The second kappa shape index (κ2) is 6.65. The average molecular weight is 304 g/mol.